The van der Waals surface area contributed by atoms with Gasteiger partial charge in [0.2, 0.25) is 5.95 Å². The highest BCUT2D eigenvalue weighted by Gasteiger charge is 2.10. The Morgan fingerprint density at radius 2 is 2.06 bits per heavy atom. The van der Waals surface area contributed by atoms with Gasteiger partial charge in [0.15, 0.2) is 0 Å². The number of hydrogen-bond donors (Lipinski definition) is 2. The Kier molecular flexibility index (Phi) is 3.99. The third kappa shape index (κ3) is 3.76. The van der Waals surface area contributed by atoms with Crippen LogP contribution >= 0.6 is 27.3 Å². The smallest absolute Gasteiger partial charge is 0.222 e. The molecule has 2 aromatic rings. The fraction of sp³-hybridized carbons (Fsp3) is 0.333. The molecule has 0 saturated heterocycles. The number of nitrogens with zero attached hydrogens (tertiary/aromatic N) is 2. The van der Waals surface area contributed by atoms with Gasteiger partial charge in [0.1, 0.15) is 0 Å². The van der Waals surface area contributed by atoms with Crippen LogP contribution in [0.1, 0.15) is 13.8 Å². The molecule has 0 radical (unpaired) electrons. The van der Waals surface area contributed by atoms with Gasteiger partial charge in [-0.05, 0) is 35.8 Å². The Labute approximate surface area is 119 Å². The molecule has 0 aliphatic heterocycles. The number of hydrogen-bond acceptors (Lipinski definition) is 5. The molecule has 0 unspecified atom stereocenters. The van der Waals surface area contributed by atoms with E-state index >= 15 is 0 Å². The number of nitrogens with two attached hydrogens (primary N) is 1. The summed E-state index contributed by atoms with van der Waals surface area (Å²) in [6, 6.07) is 2.06. The summed E-state index contributed by atoms with van der Waals surface area (Å²) < 4.78 is 1.08. The van der Waals surface area contributed by atoms with Gasteiger partial charge in [-0.2, -0.15) is 0 Å². The summed E-state index contributed by atoms with van der Waals surface area (Å²) in [7, 11) is 0. The highest BCUT2D eigenvalue weighted by atomic mass is 79.9. The van der Waals surface area contributed by atoms with Gasteiger partial charge in [0.05, 0.1) is 0 Å². The largest absolute Gasteiger partial charge is 0.352 e. The lowest BCUT2D eigenvalue weighted by Gasteiger charge is -2.18. The molecule has 0 aliphatic carbocycles. The van der Waals surface area contributed by atoms with E-state index in [0.29, 0.717) is 12.5 Å². The van der Waals surface area contributed by atoms with Crippen molar-refractivity contribution >= 4 is 33.2 Å². The Balaban J connectivity index is 2.06. The van der Waals surface area contributed by atoms with Crippen LogP contribution in [0.5, 0.6) is 0 Å². The summed E-state index contributed by atoms with van der Waals surface area (Å²) >= 11 is 5.09. The quantitative estimate of drug-likeness (QED) is 0.906. The van der Waals surface area contributed by atoms with E-state index in [0.717, 1.165) is 14.9 Å². The number of nitrogens with one attached hydrogen (secondary N) is 1. The zero-order valence-electron chi connectivity index (χ0n) is 10.3. The second kappa shape index (κ2) is 5.34. The van der Waals surface area contributed by atoms with Crippen molar-refractivity contribution in [2.24, 2.45) is 5.73 Å². The average molecular weight is 327 g/mol. The molecule has 4 nitrogen and oxygen atoms in total. The SMILES string of the molecule is CC(C)(N)CNc1ncc(-c2cc(Br)cs2)cn1. The van der Waals surface area contributed by atoms with E-state index in [1.54, 1.807) is 11.3 Å². The number of thiophene rings is 1. The van der Waals surface area contributed by atoms with Gasteiger partial charge in [-0.3, -0.25) is 0 Å². The normalized spacial score (nSPS) is 11.6. The zero-order valence-corrected chi connectivity index (χ0v) is 12.7. The molecule has 0 atom stereocenters. The first-order valence-electron chi connectivity index (χ1n) is 5.53. The minimum atomic E-state index is -0.277. The second-order valence-corrected chi connectivity index (χ2v) is 6.59. The molecule has 0 saturated carbocycles. The maximum atomic E-state index is 5.89. The first-order valence-corrected chi connectivity index (χ1v) is 7.20. The van der Waals surface area contributed by atoms with E-state index in [1.165, 1.54) is 0 Å². The maximum absolute atomic E-state index is 5.89. The Morgan fingerprint density at radius 1 is 1.39 bits per heavy atom. The summed E-state index contributed by atoms with van der Waals surface area (Å²) in [5.41, 5.74) is 6.63. The monoisotopic (exact) mass is 326 g/mol. The molecule has 0 aromatic carbocycles. The predicted molar refractivity (Wildman–Crippen MR) is 79.8 cm³/mol. The molecular weight excluding hydrogens is 312 g/mol. The van der Waals surface area contributed by atoms with E-state index < -0.39 is 0 Å². The fourth-order valence-electron chi connectivity index (χ4n) is 1.32. The van der Waals surface area contributed by atoms with Crippen LogP contribution in [-0.2, 0) is 0 Å². The Bertz CT molecular complexity index is 516. The minimum Gasteiger partial charge on any atom is -0.352 e. The summed E-state index contributed by atoms with van der Waals surface area (Å²) in [5.74, 6) is 0.605. The van der Waals surface area contributed by atoms with Crippen LogP contribution in [0.2, 0.25) is 0 Å². The summed E-state index contributed by atoms with van der Waals surface area (Å²) in [6.45, 7) is 4.55. The number of halogens is 1. The van der Waals surface area contributed by atoms with Crippen molar-refractivity contribution in [3.8, 4) is 10.4 Å². The first-order chi connectivity index (χ1) is 8.44. The molecule has 0 aliphatic rings. The van der Waals surface area contributed by atoms with Crippen LogP contribution < -0.4 is 11.1 Å². The van der Waals surface area contributed by atoms with Crippen molar-refractivity contribution in [1.82, 2.24) is 9.97 Å². The lowest BCUT2D eigenvalue weighted by atomic mass is 10.1. The Morgan fingerprint density at radius 3 is 2.56 bits per heavy atom. The van der Waals surface area contributed by atoms with E-state index in [4.69, 9.17) is 5.73 Å². The van der Waals surface area contributed by atoms with Gasteiger partial charge in [0, 0.05) is 44.8 Å². The maximum Gasteiger partial charge on any atom is 0.222 e. The minimum absolute atomic E-state index is 0.277. The molecule has 18 heavy (non-hydrogen) atoms. The molecule has 2 heterocycles. The van der Waals surface area contributed by atoms with Crippen molar-refractivity contribution in [2.45, 2.75) is 19.4 Å². The van der Waals surface area contributed by atoms with Crippen molar-refractivity contribution in [3.05, 3.63) is 28.3 Å². The molecule has 6 heteroatoms. The van der Waals surface area contributed by atoms with Crippen LogP contribution in [0.15, 0.2) is 28.3 Å². The predicted octanol–water partition coefficient (Wildman–Crippen LogP) is 3.12. The molecule has 2 aromatic heterocycles. The van der Waals surface area contributed by atoms with Crippen LogP contribution in [0.4, 0.5) is 5.95 Å². The second-order valence-electron chi connectivity index (χ2n) is 4.77. The van der Waals surface area contributed by atoms with Crippen molar-refractivity contribution in [3.63, 3.8) is 0 Å². The Hall–Kier alpha value is -0.980. The fourth-order valence-corrected chi connectivity index (χ4v) is 2.72. The first kappa shape index (κ1) is 13.5. The standard InChI is InChI=1S/C12H15BrN4S/c1-12(2,14)7-17-11-15-4-8(5-16-11)10-3-9(13)6-18-10/h3-6H,7,14H2,1-2H3,(H,15,16,17). The highest BCUT2D eigenvalue weighted by molar-refractivity contribution is 9.10. The number of rotatable bonds is 4. The van der Waals surface area contributed by atoms with Crippen LogP contribution in [0.25, 0.3) is 10.4 Å². The molecule has 0 spiro atoms. The molecule has 2 rings (SSSR count). The third-order valence-electron chi connectivity index (χ3n) is 2.21. The summed E-state index contributed by atoms with van der Waals surface area (Å²) in [6.07, 6.45) is 3.63. The topological polar surface area (TPSA) is 63.8 Å². The number of aromatic nitrogens is 2. The van der Waals surface area contributed by atoms with Gasteiger partial charge in [-0.25, -0.2) is 9.97 Å². The van der Waals surface area contributed by atoms with Gasteiger partial charge < -0.3 is 11.1 Å². The van der Waals surface area contributed by atoms with Crippen molar-refractivity contribution in [2.75, 3.05) is 11.9 Å². The lowest BCUT2D eigenvalue weighted by Crippen LogP contribution is -2.39. The van der Waals surface area contributed by atoms with Gasteiger partial charge in [0.25, 0.3) is 0 Å². The molecule has 3 N–H and O–H groups in total. The third-order valence-corrected chi connectivity index (χ3v) is 3.95. The molecule has 96 valence electrons. The van der Waals surface area contributed by atoms with Gasteiger partial charge in [-0.15, -0.1) is 11.3 Å². The van der Waals surface area contributed by atoms with Crippen molar-refractivity contribution in [1.29, 1.82) is 0 Å². The molecule has 0 bridgehead atoms. The average Bonchev–Trinajstić information content (AvgIpc) is 2.73. The number of anilines is 1. The van der Waals surface area contributed by atoms with Crippen LogP contribution in [0.3, 0.4) is 0 Å². The summed E-state index contributed by atoms with van der Waals surface area (Å²) in [4.78, 5) is 9.71. The van der Waals surface area contributed by atoms with E-state index in [1.807, 2.05) is 31.6 Å². The van der Waals surface area contributed by atoms with Crippen LogP contribution in [0, 0.1) is 0 Å². The van der Waals surface area contributed by atoms with Gasteiger partial charge >= 0.3 is 0 Å². The van der Waals surface area contributed by atoms with E-state index in [2.05, 4.69) is 37.3 Å². The van der Waals surface area contributed by atoms with Crippen molar-refractivity contribution < 1.29 is 0 Å². The lowest BCUT2D eigenvalue weighted by molar-refractivity contribution is 0.547. The van der Waals surface area contributed by atoms with Crippen LogP contribution in [-0.4, -0.2) is 22.1 Å². The molecule has 0 amide bonds. The highest BCUT2D eigenvalue weighted by Crippen LogP contribution is 2.29. The van der Waals surface area contributed by atoms with E-state index in [-0.39, 0.29) is 5.54 Å². The molecular formula is C12H15BrN4S. The summed E-state index contributed by atoms with van der Waals surface area (Å²) in [5, 5.41) is 5.16. The molecule has 0 fully saturated rings. The zero-order chi connectivity index (χ0) is 13.2. The van der Waals surface area contributed by atoms with E-state index in [9.17, 15) is 0 Å². The van der Waals surface area contributed by atoms with Gasteiger partial charge in [-0.1, -0.05) is 0 Å².